The van der Waals surface area contributed by atoms with Gasteiger partial charge < -0.3 is 9.84 Å². The zero-order valence-electron chi connectivity index (χ0n) is 23.3. The van der Waals surface area contributed by atoms with Crippen molar-refractivity contribution >= 4 is 0 Å². The Balaban J connectivity index is 1.92. The molecular weight excluding hydrogens is 470 g/mol. The summed E-state index contributed by atoms with van der Waals surface area (Å²) in [7, 11) is 0. The van der Waals surface area contributed by atoms with Crippen LogP contribution in [-0.4, -0.2) is 26.7 Å². The zero-order chi connectivity index (χ0) is 27.1. The van der Waals surface area contributed by atoms with Crippen LogP contribution in [0.2, 0.25) is 0 Å². The van der Waals surface area contributed by atoms with Crippen LogP contribution in [0.25, 0.3) is 33.6 Å². The third-order valence-corrected chi connectivity index (χ3v) is 7.05. The van der Waals surface area contributed by atoms with Gasteiger partial charge in [0.2, 0.25) is 0 Å². The maximum absolute atomic E-state index is 11.4. The lowest BCUT2D eigenvalue weighted by Crippen LogP contribution is -2.04. The first-order valence-corrected chi connectivity index (χ1v) is 13.7. The van der Waals surface area contributed by atoms with Crippen LogP contribution in [0.4, 0.5) is 0 Å². The van der Waals surface area contributed by atoms with Gasteiger partial charge in [0.15, 0.2) is 5.82 Å². The summed E-state index contributed by atoms with van der Waals surface area (Å²) in [5, 5.41) is 11.4. The number of nitrogens with zero attached hydrogens (tertiary/aromatic N) is 3. The largest absolute Gasteiger partial charge is 0.507 e. The van der Waals surface area contributed by atoms with E-state index in [2.05, 4.69) is 86.0 Å². The Hall–Kier alpha value is -3.73. The minimum Gasteiger partial charge on any atom is -0.507 e. The van der Waals surface area contributed by atoms with E-state index in [-0.39, 0.29) is 5.75 Å². The molecule has 0 spiro atoms. The molecule has 0 aliphatic rings. The van der Waals surface area contributed by atoms with E-state index in [1.54, 1.807) is 6.07 Å². The summed E-state index contributed by atoms with van der Waals surface area (Å²) in [4.78, 5) is 12.9. The van der Waals surface area contributed by atoms with Crippen LogP contribution < -0.4 is 4.74 Å². The van der Waals surface area contributed by atoms with E-state index < -0.39 is 0 Å². The number of aryl methyl sites for hydroxylation is 4. The van der Waals surface area contributed by atoms with Crippen LogP contribution in [0.15, 0.2) is 55.1 Å². The number of aromatic nitrogens is 3. The van der Waals surface area contributed by atoms with E-state index in [9.17, 15) is 5.11 Å². The summed E-state index contributed by atoms with van der Waals surface area (Å²) in [6.45, 7) is 11.3. The van der Waals surface area contributed by atoms with Crippen molar-refractivity contribution in [2.24, 2.45) is 0 Å². The summed E-state index contributed by atoms with van der Waals surface area (Å²) >= 11 is 0. The van der Waals surface area contributed by atoms with Crippen molar-refractivity contribution in [2.45, 2.75) is 73.1 Å². The van der Waals surface area contributed by atoms with Gasteiger partial charge in [-0.25, -0.2) is 15.0 Å². The summed E-state index contributed by atoms with van der Waals surface area (Å²) in [5.74, 6) is 1.20. The molecule has 0 unspecified atom stereocenters. The van der Waals surface area contributed by atoms with Crippen LogP contribution in [0.1, 0.15) is 67.7 Å². The number of rotatable bonds is 11. The Bertz CT molecular complexity index is 1380. The molecule has 0 aliphatic carbocycles. The Morgan fingerprint density at radius 3 is 1.87 bits per heavy atom. The number of unbranched alkanes of at least 4 members (excludes halogenated alkanes) is 5. The Morgan fingerprint density at radius 2 is 1.26 bits per heavy atom. The fourth-order valence-electron chi connectivity index (χ4n) is 5.14. The number of benzene rings is 3. The standard InChI is InChI=1S/C33H39N3O2/c1-6-7-8-9-10-11-16-38-29-19-28(37)32(33-35-20-34-21-36-33)31(27-15-13-23(3)18-25(27)5)30(29)26-14-12-22(2)17-24(26)4/h12-15,17-21,37H,6-11,16H2,1-5H3. The van der Waals surface area contributed by atoms with Gasteiger partial charge in [-0.05, 0) is 56.4 Å². The third kappa shape index (κ3) is 6.21. The Kier molecular flexibility index (Phi) is 9.11. The molecule has 1 N–H and O–H groups in total. The molecule has 5 heteroatoms. The van der Waals surface area contributed by atoms with E-state index in [4.69, 9.17) is 4.74 Å². The first-order chi connectivity index (χ1) is 18.4. The van der Waals surface area contributed by atoms with E-state index in [0.29, 0.717) is 23.7 Å². The number of ether oxygens (including phenoxy) is 1. The van der Waals surface area contributed by atoms with Gasteiger partial charge in [0.25, 0.3) is 0 Å². The molecule has 0 amide bonds. The van der Waals surface area contributed by atoms with Gasteiger partial charge >= 0.3 is 0 Å². The van der Waals surface area contributed by atoms with Crippen LogP contribution in [0, 0.1) is 27.7 Å². The van der Waals surface area contributed by atoms with E-state index >= 15 is 0 Å². The summed E-state index contributed by atoms with van der Waals surface area (Å²) in [6.07, 6.45) is 10.1. The highest BCUT2D eigenvalue weighted by Crippen LogP contribution is 2.50. The molecule has 4 rings (SSSR count). The third-order valence-electron chi connectivity index (χ3n) is 7.05. The van der Waals surface area contributed by atoms with Crippen molar-refractivity contribution < 1.29 is 9.84 Å². The summed E-state index contributed by atoms with van der Waals surface area (Å²) in [5.41, 5.74) is 9.13. The van der Waals surface area contributed by atoms with Crippen LogP contribution in [0.3, 0.4) is 0 Å². The number of phenolic OH excluding ortho intramolecular Hbond substituents is 1. The average Bonchev–Trinajstić information content (AvgIpc) is 2.89. The predicted molar refractivity (Wildman–Crippen MR) is 156 cm³/mol. The molecule has 0 bridgehead atoms. The monoisotopic (exact) mass is 509 g/mol. The lowest BCUT2D eigenvalue weighted by atomic mass is 9.85. The van der Waals surface area contributed by atoms with Gasteiger partial charge in [-0.15, -0.1) is 0 Å². The van der Waals surface area contributed by atoms with Crippen molar-refractivity contribution in [2.75, 3.05) is 6.61 Å². The van der Waals surface area contributed by atoms with Crippen molar-refractivity contribution in [3.05, 3.63) is 77.4 Å². The highest BCUT2D eigenvalue weighted by molar-refractivity contribution is 6.00. The van der Waals surface area contributed by atoms with Crippen LogP contribution in [-0.2, 0) is 0 Å². The fourth-order valence-corrected chi connectivity index (χ4v) is 5.14. The van der Waals surface area contributed by atoms with E-state index in [1.807, 2.05) is 0 Å². The maximum atomic E-state index is 11.4. The average molecular weight is 510 g/mol. The number of phenols is 1. The second kappa shape index (κ2) is 12.7. The van der Waals surface area contributed by atoms with Gasteiger partial charge in [-0.2, -0.15) is 0 Å². The molecule has 38 heavy (non-hydrogen) atoms. The first-order valence-electron chi connectivity index (χ1n) is 13.7. The SMILES string of the molecule is CCCCCCCCOc1cc(O)c(-c2ncncn2)c(-c2ccc(C)cc2C)c1-c1ccc(C)cc1C. The molecule has 0 fully saturated rings. The first kappa shape index (κ1) is 27.3. The van der Waals surface area contributed by atoms with Crippen molar-refractivity contribution in [1.82, 2.24) is 15.0 Å². The summed E-state index contributed by atoms with van der Waals surface area (Å²) < 4.78 is 6.47. The highest BCUT2D eigenvalue weighted by Gasteiger charge is 2.26. The van der Waals surface area contributed by atoms with Crippen molar-refractivity contribution in [3.63, 3.8) is 0 Å². The van der Waals surface area contributed by atoms with Crippen molar-refractivity contribution in [1.29, 1.82) is 0 Å². The molecular formula is C33H39N3O2. The number of hydrogen-bond donors (Lipinski definition) is 1. The Morgan fingerprint density at radius 1 is 0.684 bits per heavy atom. The fraction of sp³-hybridized carbons (Fsp3) is 0.364. The maximum Gasteiger partial charge on any atom is 0.167 e. The lowest BCUT2D eigenvalue weighted by molar-refractivity contribution is 0.304. The van der Waals surface area contributed by atoms with Gasteiger partial charge in [-0.3, -0.25) is 0 Å². The van der Waals surface area contributed by atoms with Crippen LogP contribution in [0.5, 0.6) is 11.5 Å². The van der Waals surface area contributed by atoms with E-state index in [1.165, 1.54) is 49.5 Å². The van der Waals surface area contributed by atoms with Gasteiger partial charge in [0.05, 0.1) is 12.2 Å². The number of aromatic hydroxyl groups is 1. The molecule has 198 valence electrons. The molecule has 1 aromatic heterocycles. The zero-order valence-corrected chi connectivity index (χ0v) is 23.3. The highest BCUT2D eigenvalue weighted by atomic mass is 16.5. The second-order valence-electron chi connectivity index (χ2n) is 10.2. The molecule has 1 heterocycles. The molecule has 4 aromatic rings. The normalized spacial score (nSPS) is 11.1. The lowest BCUT2D eigenvalue weighted by Gasteiger charge is -2.23. The number of hydrogen-bond acceptors (Lipinski definition) is 5. The van der Waals surface area contributed by atoms with Crippen LogP contribution >= 0.6 is 0 Å². The van der Waals surface area contributed by atoms with Crippen molar-refractivity contribution in [3.8, 4) is 45.1 Å². The molecule has 3 aromatic carbocycles. The van der Waals surface area contributed by atoms with E-state index in [0.717, 1.165) is 46.2 Å². The molecule has 0 aliphatic heterocycles. The molecule has 0 radical (unpaired) electrons. The molecule has 0 saturated heterocycles. The minimum absolute atomic E-state index is 0.0950. The Labute approximate surface area is 227 Å². The minimum atomic E-state index is 0.0950. The topological polar surface area (TPSA) is 68.1 Å². The van der Waals surface area contributed by atoms with Gasteiger partial charge in [0, 0.05) is 17.2 Å². The molecule has 0 atom stereocenters. The van der Waals surface area contributed by atoms with Gasteiger partial charge in [0.1, 0.15) is 24.2 Å². The predicted octanol–water partition coefficient (Wildman–Crippen LogP) is 8.55. The second-order valence-corrected chi connectivity index (χ2v) is 10.2. The molecule has 0 saturated carbocycles. The molecule has 5 nitrogen and oxygen atoms in total. The quantitative estimate of drug-likeness (QED) is 0.205. The van der Waals surface area contributed by atoms with Gasteiger partial charge in [-0.1, -0.05) is 86.6 Å². The smallest absolute Gasteiger partial charge is 0.167 e. The summed E-state index contributed by atoms with van der Waals surface area (Å²) in [6, 6.07) is 14.6.